The minimum atomic E-state index is -4.51. The minimum absolute atomic E-state index is 0.0768. The molecule has 0 spiro atoms. The van der Waals surface area contributed by atoms with Crippen LogP contribution >= 0.6 is 0 Å². The van der Waals surface area contributed by atoms with Crippen LogP contribution in [0.15, 0.2) is 23.1 Å². The van der Waals surface area contributed by atoms with Crippen LogP contribution in [0.2, 0.25) is 0 Å². The second-order valence-corrected chi connectivity index (χ2v) is 5.79. The summed E-state index contributed by atoms with van der Waals surface area (Å²) in [6, 6.07) is 3.31. The number of nitrogen functional groups attached to an aromatic ring is 1. The van der Waals surface area contributed by atoms with E-state index in [0.29, 0.717) is 0 Å². The van der Waals surface area contributed by atoms with Crippen molar-refractivity contribution in [2.75, 3.05) is 12.0 Å². The highest BCUT2D eigenvalue weighted by Crippen LogP contribution is 2.30. The fourth-order valence-corrected chi connectivity index (χ4v) is 1.78. The van der Waals surface area contributed by atoms with E-state index in [0.717, 1.165) is 31.4 Å². The lowest BCUT2D eigenvalue weighted by Crippen LogP contribution is -2.31. The van der Waals surface area contributed by atoms with Gasteiger partial charge in [0, 0.05) is 6.26 Å². The van der Waals surface area contributed by atoms with Crippen molar-refractivity contribution in [3.63, 3.8) is 0 Å². The summed E-state index contributed by atoms with van der Waals surface area (Å²) in [7, 11) is -3.46. The highest BCUT2D eigenvalue weighted by atomic mass is 32.2. The Morgan fingerprint density at radius 1 is 1.33 bits per heavy atom. The second-order valence-electron chi connectivity index (χ2n) is 3.77. The van der Waals surface area contributed by atoms with E-state index < -0.39 is 22.1 Å². The molecule has 1 aromatic rings. The fourth-order valence-electron chi connectivity index (χ4n) is 1.12. The second kappa shape index (κ2) is 4.68. The molecule has 1 atom stereocenters. The van der Waals surface area contributed by atoms with Crippen molar-refractivity contribution in [2.24, 2.45) is 0 Å². The van der Waals surface area contributed by atoms with Crippen molar-refractivity contribution in [3.8, 4) is 5.75 Å². The molecule has 102 valence electrons. The zero-order chi connectivity index (χ0) is 14.1. The zero-order valence-electron chi connectivity index (χ0n) is 9.65. The fraction of sp³-hybridized carbons (Fsp3) is 0.400. The van der Waals surface area contributed by atoms with Gasteiger partial charge in [0.2, 0.25) is 0 Å². The highest BCUT2D eigenvalue weighted by Gasteiger charge is 2.38. The molecule has 0 bridgehead atoms. The molecule has 4 nitrogen and oxygen atoms in total. The smallest absolute Gasteiger partial charge is 0.425 e. The molecule has 0 saturated carbocycles. The third-order valence-corrected chi connectivity index (χ3v) is 3.28. The van der Waals surface area contributed by atoms with Crippen LogP contribution in [0.1, 0.15) is 6.92 Å². The van der Waals surface area contributed by atoms with E-state index in [1.165, 1.54) is 0 Å². The third-order valence-electron chi connectivity index (χ3n) is 2.17. The molecule has 0 saturated heterocycles. The lowest BCUT2D eigenvalue weighted by Gasteiger charge is -2.18. The Morgan fingerprint density at radius 3 is 2.28 bits per heavy atom. The molecule has 1 rings (SSSR count). The van der Waals surface area contributed by atoms with Gasteiger partial charge >= 0.3 is 6.18 Å². The first-order valence-electron chi connectivity index (χ1n) is 4.85. The van der Waals surface area contributed by atoms with Crippen LogP contribution in [0, 0.1) is 0 Å². The first kappa shape index (κ1) is 14.6. The largest absolute Gasteiger partial charge is 0.479 e. The van der Waals surface area contributed by atoms with Crippen molar-refractivity contribution in [2.45, 2.75) is 24.1 Å². The van der Waals surface area contributed by atoms with Gasteiger partial charge in [-0.2, -0.15) is 13.2 Å². The molecule has 0 aliphatic carbocycles. The molecule has 2 N–H and O–H groups in total. The number of alkyl halides is 3. The Bertz CT molecular complexity index is 540. The molecular weight excluding hydrogens is 271 g/mol. The van der Waals surface area contributed by atoms with Gasteiger partial charge in [0.1, 0.15) is 5.75 Å². The van der Waals surface area contributed by atoms with Gasteiger partial charge in [-0.3, -0.25) is 0 Å². The van der Waals surface area contributed by atoms with E-state index in [4.69, 9.17) is 5.73 Å². The van der Waals surface area contributed by atoms with Crippen LogP contribution in [0.25, 0.3) is 0 Å². The van der Waals surface area contributed by atoms with Crippen molar-refractivity contribution in [1.29, 1.82) is 0 Å². The SMILES string of the molecule is CC(Oc1ccc(S(C)(=O)=O)cc1N)C(F)(F)F. The van der Waals surface area contributed by atoms with Crippen LogP contribution < -0.4 is 10.5 Å². The number of anilines is 1. The van der Waals surface area contributed by atoms with Gasteiger partial charge in [-0.15, -0.1) is 0 Å². The summed E-state index contributed by atoms with van der Waals surface area (Å²) in [6.45, 7) is 0.837. The Balaban J connectivity index is 3.01. The highest BCUT2D eigenvalue weighted by molar-refractivity contribution is 7.90. The van der Waals surface area contributed by atoms with E-state index in [-0.39, 0.29) is 16.3 Å². The van der Waals surface area contributed by atoms with E-state index >= 15 is 0 Å². The number of benzene rings is 1. The van der Waals surface area contributed by atoms with Gasteiger partial charge in [-0.25, -0.2) is 8.42 Å². The average molecular weight is 283 g/mol. The molecule has 0 aromatic heterocycles. The van der Waals surface area contributed by atoms with Crippen molar-refractivity contribution in [1.82, 2.24) is 0 Å². The molecule has 8 heteroatoms. The molecule has 0 radical (unpaired) electrons. The molecule has 18 heavy (non-hydrogen) atoms. The summed E-state index contributed by atoms with van der Waals surface area (Å²) in [5, 5.41) is 0. The first-order valence-corrected chi connectivity index (χ1v) is 6.74. The summed E-state index contributed by atoms with van der Waals surface area (Å²) < 4.78 is 63.9. The monoisotopic (exact) mass is 283 g/mol. The summed E-state index contributed by atoms with van der Waals surface area (Å²) in [4.78, 5) is -0.0768. The number of sulfone groups is 1. The summed E-state index contributed by atoms with van der Waals surface area (Å²) in [6.07, 6.45) is -5.56. The van der Waals surface area contributed by atoms with Crippen molar-refractivity contribution in [3.05, 3.63) is 18.2 Å². The molecule has 0 aliphatic heterocycles. The zero-order valence-corrected chi connectivity index (χ0v) is 10.5. The van der Waals surface area contributed by atoms with Crippen LogP contribution in [0.5, 0.6) is 5.75 Å². The average Bonchev–Trinajstić information content (AvgIpc) is 2.17. The molecular formula is C10H12F3NO3S. The Morgan fingerprint density at radius 2 is 1.89 bits per heavy atom. The van der Waals surface area contributed by atoms with Gasteiger partial charge in [0.15, 0.2) is 15.9 Å². The van der Waals surface area contributed by atoms with E-state index in [1.54, 1.807) is 0 Å². The standard InChI is InChI=1S/C10H12F3NO3S/c1-6(10(11,12)13)17-9-4-3-7(5-8(9)14)18(2,15)16/h3-6H,14H2,1-2H3. The summed E-state index contributed by atoms with van der Waals surface area (Å²) in [5.41, 5.74) is 5.29. The number of halogens is 3. The number of hydrogen-bond acceptors (Lipinski definition) is 4. The van der Waals surface area contributed by atoms with Gasteiger partial charge in [-0.1, -0.05) is 0 Å². The number of rotatable bonds is 3. The molecule has 1 unspecified atom stereocenters. The Hall–Kier alpha value is -1.44. The van der Waals surface area contributed by atoms with Gasteiger partial charge < -0.3 is 10.5 Å². The van der Waals surface area contributed by atoms with Gasteiger partial charge in [0.05, 0.1) is 10.6 Å². The quantitative estimate of drug-likeness (QED) is 0.861. The number of nitrogens with two attached hydrogens (primary N) is 1. The van der Waals surface area contributed by atoms with Gasteiger partial charge in [0.25, 0.3) is 0 Å². The third kappa shape index (κ3) is 3.52. The maximum Gasteiger partial charge on any atom is 0.425 e. The van der Waals surface area contributed by atoms with Crippen LogP contribution in [0.4, 0.5) is 18.9 Å². The maximum atomic E-state index is 12.3. The molecule has 1 aromatic carbocycles. The number of ether oxygens (including phenoxy) is 1. The van der Waals surface area contributed by atoms with E-state index in [9.17, 15) is 21.6 Å². The number of hydrogen-bond donors (Lipinski definition) is 1. The molecule has 0 aliphatic rings. The Labute approximate surface area is 102 Å². The van der Waals surface area contributed by atoms with Crippen molar-refractivity contribution >= 4 is 15.5 Å². The predicted molar refractivity (Wildman–Crippen MR) is 60.1 cm³/mol. The molecule has 0 amide bonds. The lowest BCUT2D eigenvalue weighted by atomic mass is 10.3. The molecule has 0 heterocycles. The molecule has 0 fully saturated rings. The first-order chi connectivity index (χ1) is 8.01. The normalized spacial score (nSPS) is 14.3. The minimum Gasteiger partial charge on any atom is -0.479 e. The summed E-state index contributed by atoms with van der Waals surface area (Å²) in [5.74, 6) is -0.202. The van der Waals surface area contributed by atoms with Crippen LogP contribution in [-0.2, 0) is 9.84 Å². The topological polar surface area (TPSA) is 69.4 Å². The summed E-state index contributed by atoms with van der Waals surface area (Å²) >= 11 is 0. The lowest BCUT2D eigenvalue weighted by molar-refractivity contribution is -0.189. The van der Waals surface area contributed by atoms with E-state index in [2.05, 4.69) is 4.74 Å². The van der Waals surface area contributed by atoms with Crippen LogP contribution in [0.3, 0.4) is 0 Å². The Kier molecular flexibility index (Phi) is 3.80. The predicted octanol–water partition coefficient (Wildman–Crippen LogP) is 2.00. The van der Waals surface area contributed by atoms with Gasteiger partial charge in [-0.05, 0) is 25.1 Å². The van der Waals surface area contributed by atoms with Crippen molar-refractivity contribution < 1.29 is 26.3 Å². The van der Waals surface area contributed by atoms with E-state index in [1.807, 2.05) is 0 Å². The maximum absolute atomic E-state index is 12.3. The van der Waals surface area contributed by atoms with Crippen LogP contribution in [-0.4, -0.2) is 27.0 Å².